The van der Waals surface area contributed by atoms with E-state index in [0.29, 0.717) is 11.6 Å². The topological polar surface area (TPSA) is 60.3 Å². The molecule has 0 radical (unpaired) electrons. The monoisotopic (exact) mass is 294 g/mol. The summed E-state index contributed by atoms with van der Waals surface area (Å²) in [6, 6.07) is 6.69. The van der Waals surface area contributed by atoms with Crippen LogP contribution < -0.4 is 5.32 Å². The normalized spacial score (nSPS) is 12.2. The van der Waals surface area contributed by atoms with Gasteiger partial charge in [0, 0.05) is 29.0 Å². The van der Waals surface area contributed by atoms with Crippen LogP contribution in [0.5, 0.6) is 0 Å². The first-order valence-corrected chi connectivity index (χ1v) is 6.48. The number of carbonyl (C=O) groups is 2. The van der Waals surface area contributed by atoms with Crippen LogP contribution in [0.1, 0.15) is 6.92 Å². The van der Waals surface area contributed by atoms with Crippen molar-refractivity contribution >= 4 is 34.4 Å². The van der Waals surface area contributed by atoms with E-state index in [-0.39, 0.29) is 5.91 Å². The Hall–Kier alpha value is -2.01. The summed E-state index contributed by atoms with van der Waals surface area (Å²) in [6.45, 7) is 1.67. The number of benzene rings is 1. The average Bonchev–Trinajstić information content (AvgIpc) is 2.78. The van der Waals surface area contributed by atoms with Gasteiger partial charge in [-0.05, 0) is 24.3 Å². The summed E-state index contributed by atoms with van der Waals surface area (Å²) in [6.07, 6.45) is 1.85. The maximum absolute atomic E-state index is 11.7. The summed E-state index contributed by atoms with van der Waals surface area (Å²) in [5.41, 5.74) is 0.939. The first-order valence-electron chi connectivity index (χ1n) is 6.10. The van der Waals surface area contributed by atoms with Crippen LogP contribution in [0, 0.1) is 0 Å². The molecule has 1 heterocycles. The predicted molar refractivity (Wildman–Crippen MR) is 76.6 cm³/mol. The van der Waals surface area contributed by atoms with Gasteiger partial charge >= 0.3 is 5.97 Å². The van der Waals surface area contributed by atoms with Gasteiger partial charge in [-0.15, -0.1) is 0 Å². The molecule has 1 unspecified atom stereocenters. The smallest absolute Gasteiger partial charge is 0.330 e. The van der Waals surface area contributed by atoms with Gasteiger partial charge in [0.2, 0.25) is 5.91 Å². The zero-order valence-corrected chi connectivity index (χ0v) is 12.0. The molecule has 0 spiro atoms. The van der Waals surface area contributed by atoms with Gasteiger partial charge in [-0.3, -0.25) is 4.79 Å². The van der Waals surface area contributed by atoms with Gasteiger partial charge in [-0.2, -0.15) is 0 Å². The highest BCUT2D eigenvalue weighted by molar-refractivity contribution is 6.31. The number of carbonyl (C=O) groups excluding carboxylic acids is 2. The van der Waals surface area contributed by atoms with Crippen LogP contribution in [0.15, 0.2) is 30.5 Å². The van der Waals surface area contributed by atoms with Gasteiger partial charge in [0.25, 0.3) is 0 Å². The molecule has 0 saturated carbocycles. The SMILES string of the molecule is COC(=O)C(Cn1ccc2cc(Cl)ccc21)NC(C)=O. The number of nitrogens with zero attached hydrogens (tertiary/aromatic N) is 1. The molecule has 0 aliphatic heterocycles. The Morgan fingerprint density at radius 1 is 1.40 bits per heavy atom. The summed E-state index contributed by atoms with van der Waals surface area (Å²) in [4.78, 5) is 22.9. The molecular weight excluding hydrogens is 280 g/mol. The van der Waals surface area contributed by atoms with Crippen molar-refractivity contribution in [2.75, 3.05) is 7.11 Å². The molecule has 2 rings (SSSR count). The van der Waals surface area contributed by atoms with E-state index in [2.05, 4.69) is 5.32 Å². The third-order valence-corrected chi connectivity index (χ3v) is 3.21. The van der Waals surface area contributed by atoms with Crippen molar-refractivity contribution in [2.45, 2.75) is 19.5 Å². The minimum atomic E-state index is -0.719. The Morgan fingerprint density at radius 2 is 2.15 bits per heavy atom. The van der Waals surface area contributed by atoms with Crippen molar-refractivity contribution < 1.29 is 14.3 Å². The zero-order valence-electron chi connectivity index (χ0n) is 11.2. The molecule has 6 heteroatoms. The molecule has 1 N–H and O–H groups in total. The molecule has 5 nitrogen and oxygen atoms in total. The summed E-state index contributed by atoms with van der Waals surface area (Å²) >= 11 is 5.94. The Morgan fingerprint density at radius 3 is 2.80 bits per heavy atom. The van der Waals surface area contributed by atoms with E-state index in [1.54, 1.807) is 6.07 Å². The second-order valence-corrected chi connectivity index (χ2v) is 4.88. The molecule has 0 fully saturated rings. The fourth-order valence-electron chi connectivity index (χ4n) is 2.09. The van der Waals surface area contributed by atoms with E-state index >= 15 is 0 Å². The highest BCUT2D eigenvalue weighted by atomic mass is 35.5. The van der Waals surface area contributed by atoms with Crippen LogP contribution in [-0.2, 0) is 20.9 Å². The van der Waals surface area contributed by atoms with Crippen molar-refractivity contribution in [1.29, 1.82) is 0 Å². The van der Waals surface area contributed by atoms with E-state index in [9.17, 15) is 9.59 Å². The molecule has 1 atom stereocenters. The number of hydrogen-bond donors (Lipinski definition) is 1. The number of hydrogen-bond acceptors (Lipinski definition) is 3. The van der Waals surface area contributed by atoms with Crippen molar-refractivity contribution in [2.24, 2.45) is 0 Å². The van der Waals surface area contributed by atoms with E-state index in [1.165, 1.54) is 14.0 Å². The fraction of sp³-hybridized carbons (Fsp3) is 0.286. The van der Waals surface area contributed by atoms with Crippen LogP contribution in [0.25, 0.3) is 10.9 Å². The molecule has 0 bridgehead atoms. The predicted octanol–water partition coefficient (Wildman–Crippen LogP) is 1.97. The van der Waals surface area contributed by atoms with Crippen molar-refractivity contribution in [1.82, 2.24) is 9.88 Å². The zero-order chi connectivity index (χ0) is 14.7. The number of esters is 1. The first kappa shape index (κ1) is 14.4. The second-order valence-electron chi connectivity index (χ2n) is 4.45. The van der Waals surface area contributed by atoms with E-state index in [0.717, 1.165) is 10.9 Å². The molecule has 20 heavy (non-hydrogen) atoms. The maximum atomic E-state index is 11.7. The minimum absolute atomic E-state index is 0.278. The maximum Gasteiger partial charge on any atom is 0.330 e. The van der Waals surface area contributed by atoms with Gasteiger partial charge in [0.15, 0.2) is 0 Å². The fourth-order valence-corrected chi connectivity index (χ4v) is 2.27. The molecule has 106 valence electrons. The molecule has 0 aliphatic rings. The highest BCUT2D eigenvalue weighted by Gasteiger charge is 2.21. The van der Waals surface area contributed by atoms with Gasteiger partial charge in [0.05, 0.1) is 13.7 Å². The van der Waals surface area contributed by atoms with E-state index in [4.69, 9.17) is 16.3 Å². The molecule has 1 aromatic heterocycles. The van der Waals surface area contributed by atoms with E-state index in [1.807, 2.05) is 29.0 Å². The lowest BCUT2D eigenvalue weighted by molar-refractivity contribution is -0.145. The van der Waals surface area contributed by atoms with Crippen LogP contribution in [0.4, 0.5) is 0 Å². The second kappa shape index (κ2) is 5.96. The number of aromatic nitrogens is 1. The quantitative estimate of drug-likeness (QED) is 0.877. The standard InChI is InChI=1S/C14H15ClN2O3/c1-9(18)16-12(14(19)20-2)8-17-6-5-10-7-11(15)3-4-13(10)17/h3-7,12H,8H2,1-2H3,(H,16,18). The number of rotatable bonds is 4. The molecule has 0 saturated heterocycles. The lowest BCUT2D eigenvalue weighted by Crippen LogP contribution is -2.43. The minimum Gasteiger partial charge on any atom is -0.467 e. The van der Waals surface area contributed by atoms with E-state index < -0.39 is 12.0 Å². The van der Waals surface area contributed by atoms with Crippen molar-refractivity contribution in [3.05, 3.63) is 35.5 Å². The van der Waals surface area contributed by atoms with Gasteiger partial charge in [-0.1, -0.05) is 11.6 Å². The summed E-state index contributed by atoms with van der Waals surface area (Å²) in [5.74, 6) is -0.754. The number of nitrogens with one attached hydrogen (secondary N) is 1. The number of ether oxygens (including phenoxy) is 1. The number of fused-ring (bicyclic) bond motifs is 1. The summed E-state index contributed by atoms with van der Waals surface area (Å²) in [7, 11) is 1.30. The first-order chi connectivity index (χ1) is 9.51. The number of amides is 1. The van der Waals surface area contributed by atoms with Crippen LogP contribution in [0.3, 0.4) is 0 Å². The summed E-state index contributed by atoms with van der Waals surface area (Å²) in [5, 5.41) is 4.21. The third kappa shape index (κ3) is 3.11. The molecule has 0 aliphatic carbocycles. The summed E-state index contributed by atoms with van der Waals surface area (Å²) < 4.78 is 6.58. The van der Waals surface area contributed by atoms with Gasteiger partial charge in [0.1, 0.15) is 6.04 Å². The molecular formula is C14H15ClN2O3. The van der Waals surface area contributed by atoms with Gasteiger partial charge < -0.3 is 14.6 Å². The van der Waals surface area contributed by atoms with Crippen molar-refractivity contribution in [3.8, 4) is 0 Å². The lowest BCUT2D eigenvalue weighted by atomic mass is 10.2. The average molecular weight is 295 g/mol. The third-order valence-electron chi connectivity index (χ3n) is 2.98. The lowest BCUT2D eigenvalue weighted by Gasteiger charge is -2.16. The van der Waals surface area contributed by atoms with Crippen molar-refractivity contribution in [3.63, 3.8) is 0 Å². The Bertz CT molecular complexity index is 651. The Balaban J connectivity index is 2.28. The highest BCUT2D eigenvalue weighted by Crippen LogP contribution is 2.20. The molecule has 1 amide bonds. The van der Waals surface area contributed by atoms with Crippen LogP contribution in [0.2, 0.25) is 5.02 Å². The number of methoxy groups -OCH3 is 1. The largest absolute Gasteiger partial charge is 0.467 e. The molecule has 2 aromatic rings. The molecule has 1 aromatic carbocycles. The van der Waals surface area contributed by atoms with Crippen LogP contribution >= 0.6 is 11.6 Å². The Labute approximate surface area is 121 Å². The van der Waals surface area contributed by atoms with Gasteiger partial charge in [-0.25, -0.2) is 4.79 Å². The number of halogens is 1. The Kier molecular flexibility index (Phi) is 4.29. The van der Waals surface area contributed by atoms with Crippen LogP contribution in [-0.4, -0.2) is 29.6 Å².